The van der Waals surface area contributed by atoms with Crippen LogP contribution >= 0.6 is 0 Å². The summed E-state index contributed by atoms with van der Waals surface area (Å²) in [4.78, 5) is 2.44. The predicted molar refractivity (Wildman–Crippen MR) is 73.4 cm³/mol. The molecule has 2 unspecified atom stereocenters. The van der Waals surface area contributed by atoms with Crippen molar-refractivity contribution < 1.29 is 4.74 Å². The van der Waals surface area contributed by atoms with Gasteiger partial charge in [0.25, 0.3) is 0 Å². The van der Waals surface area contributed by atoms with Crippen molar-refractivity contribution in [3.63, 3.8) is 0 Å². The molecule has 4 nitrogen and oxygen atoms in total. The van der Waals surface area contributed by atoms with E-state index in [-0.39, 0.29) is 0 Å². The molecule has 1 rings (SSSR count). The van der Waals surface area contributed by atoms with E-state index in [2.05, 4.69) is 30.1 Å². The molecule has 1 N–H and O–H groups in total. The summed E-state index contributed by atoms with van der Waals surface area (Å²) in [6.45, 7) is 11.0. The fourth-order valence-corrected chi connectivity index (χ4v) is 2.48. The maximum Gasteiger partial charge on any atom is 0.105 e. The monoisotopic (exact) mass is 253 g/mol. The Morgan fingerprint density at radius 3 is 2.89 bits per heavy atom. The summed E-state index contributed by atoms with van der Waals surface area (Å²) in [6.07, 6.45) is 3.02. The van der Waals surface area contributed by atoms with E-state index in [0.29, 0.717) is 6.04 Å². The van der Waals surface area contributed by atoms with Gasteiger partial charge < -0.3 is 4.74 Å². The summed E-state index contributed by atoms with van der Waals surface area (Å²) >= 11 is 0. The van der Waals surface area contributed by atoms with Crippen molar-refractivity contribution >= 4 is 0 Å². The third kappa shape index (κ3) is 4.93. The zero-order chi connectivity index (χ0) is 13.4. The molecule has 104 valence electrons. The molecule has 0 radical (unpaired) electrons. The third-order valence-electron chi connectivity index (χ3n) is 3.60. The Hall–Kier alpha value is -0.630. The summed E-state index contributed by atoms with van der Waals surface area (Å²) < 4.78 is 5.47. The average molecular weight is 253 g/mol. The Morgan fingerprint density at radius 2 is 2.22 bits per heavy atom. The average Bonchev–Trinajstić information content (AvgIpc) is 2.65. The van der Waals surface area contributed by atoms with Crippen LogP contribution in [0.1, 0.15) is 40.0 Å². The highest BCUT2D eigenvalue weighted by Gasteiger charge is 2.28. The lowest BCUT2D eigenvalue weighted by molar-refractivity contribution is 0.128. The van der Waals surface area contributed by atoms with Gasteiger partial charge in [0.1, 0.15) is 5.54 Å². The Balaban J connectivity index is 2.49. The van der Waals surface area contributed by atoms with Crippen LogP contribution < -0.4 is 5.32 Å². The SMILES string of the molecule is CCCNC(C)(C#N)CC(C)N1CCCOCC1. The van der Waals surface area contributed by atoms with Gasteiger partial charge in [-0.15, -0.1) is 0 Å². The van der Waals surface area contributed by atoms with Crippen molar-refractivity contribution in [2.45, 2.75) is 51.6 Å². The first-order valence-electron chi connectivity index (χ1n) is 7.09. The van der Waals surface area contributed by atoms with Crippen molar-refractivity contribution in [1.82, 2.24) is 10.2 Å². The van der Waals surface area contributed by atoms with Crippen LogP contribution in [0.2, 0.25) is 0 Å². The highest BCUT2D eigenvalue weighted by molar-refractivity contribution is 5.05. The van der Waals surface area contributed by atoms with Gasteiger partial charge in [-0.3, -0.25) is 10.2 Å². The smallest absolute Gasteiger partial charge is 0.105 e. The number of hydrogen-bond acceptors (Lipinski definition) is 4. The minimum Gasteiger partial charge on any atom is -0.380 e. The van der Waals surface area contributed by atoms with Crippen molar-refractivity contribution in [1.29, 1.82) is 5.26 Å². The summed E-state index contributed by atoms with van der Waals surface area (Å²) in [5.74, 6) is 0. The summed E-state index contributed by atoms with van der Waals surface area (Å²) in [7, 11) is 0. The molecule has 4 heteroatoms. The molecule has 1 saturated heterocycles. The van der Waals surface area contributed by atoms with Gasteiger partial charge in [-0.05, 0) is 39.7 Å². The summed E-state index contributed by atoms with van der Waals surface area (Å²) in [5.41, 5.74) is -0.414. The second-order valence-electron chi connectivity index (χ2n) is 5.43. The fraction of sp³-hybridized carbons (Fsp3) is 0.929. The van der Waals surface area contributed by atoms with Crippen LogP contribution in [0.3, 0.4) is 0 Å². The Bertz CT molecular complexity index is 269. The first-order valence-corrected chi connectivity index (χ1v) is 7.09. The quantitative estimate of drug-likeness (QED) is 0.784. The van der Waals surface area contributed by atoms with Gasteiger partial charge in [0.15, 0.2) is 0 Å². The van der Waals surface area contributed by atoms with Gasteiger partial charge in [0.05, 0.1) is 12.7 Å². The van der Waals surface area contributed by atoms with Gasteiger partial charge >= 0.3 is 0 Å². The first kappa shape index (κ1) is 15.4. The van der Waals surface area contributed by atoms with Gasteiger partial charge in [-0.25, -0.2) is 0 Å². The molecule has 0 amide bonds. The Kier molecular flexibility index (Phi) is 6.62. The van der Waals surface area contributed by atoms with E-state index in [1.54, 1.807) is 0 Å². The highest BCUT2D eigenvalue weighted by Crippen LogP contribution is 2.17. The number of nitrogens with zero attached hydrogens (tertiary/aromatic N) is 2. The number of nitriles is 1. The van der Waals surface area contributed by atoms with Crippen molar-refractivity contribution in [2.75, 3.05) is 32.8 Å². The van der Waals surface area contributed by atoms with E-state index < -0.39 is 5.54 Å². The molecule has 0 spiro atoms. The molecule has 1 aliphatic rings. The van der Waals surface area contributed by atoms with Crippen LogP contribution in [-0.2, 0) is 4.74 Å². The number of rotatable bonds is 6. The second kappa shape index (κ2) is 7.73. The zero-order valence-electron chi connectivity index (χ0n) is 12.0. The van der Waals surface area contributed by atoms with Gasteiger partial charge in [-0.1, -0.05) is 6.92 Å². The maximum absolute atomic E-state index is 9.36. The molecule has 0 aliphatic carbocycles. The third-order valence-corrected chi connectivity index (χ3v) is 3.60. The van der Waals surface area contributed by atoms with Crippen LogP contribution in [0.5, 0.6) is 0 Å². The molecule has 1 heterocycles. The number of hydrogen-bond donors (Lipinski definition) is 1. The van der Waals surface area contributed by atoms with E-state index in [0.717, 1.165) is 52.1 Å². The van der Waals surface area contributed by atoms with E-state index in [1.165, 1.54) is 0 Å². The fourth-order valence-electron chi connectivity index (χ4n) is 2.48. The Morgan fingerprint density at radius 1 is 1.44 bits per heavy atom. The molecule has 0 bridgehead atoms. The minimum atomic E-state index is -0.414. The number of ether oxygens (including phenoxy) is 1. The predicted octanol–water partition coefficient (Wildman–Crippen LogP) is 1.77. The van der Waals surface area contributed by atoms with Crippen LogP contribution in [0.25, 0.3) is 0 Å². The molecule has 2 atom stereocenters. The van der Waals surface area contributed by atoms with Crippen LogP contribution in [-0.4, -0.2) is 49.3 Å². The maximum atomic E-state index is 9.36. The molecule has 1 fully saturated rings. The minimum absolute atomic E-state index is 0.414. The van der Waals surface area contributed by atoms with E-state index in [1.807, 2.05) is 6.92 Å². The van der Waals surface area contributed by atoms with Crippen LogP contribution in [0, 0.1) is 11.3 Å². The molecule has 0 aromatic heterocycles. The first-order chi connectivity index (χ1) is 8.61. The molecule has 0 saturated carbocycles. The lowest BCUT2D eigenvalue weighted by Crippen LogP contribution is -2.48. The van der Waals surface area contributed by atoms with E-state index in [9.17, 15) is 5.26 Å². The molecule has 18 heavy (non-hydrogen) atoms. The Labute approximate surface area is 111 Å². The van der Waals surface area contributed by atoms with Gasteiger partial charge in [0.2, 0.25) is 0 Å². The van der Waals surface area contributed by atoms with Crippen molar-refractivity contribution in [2.24, 2.45) is 0 Å². The van der Waals surface area contributed by atoms with Crippen LogP contribution in [0.4, 0.5) is 0 Å². The molecule has 0 aromatic carbocycles. The zero-order valence-corrected chi connectivity index (χ0v) is 12.0. The lowest BCUT2D eigenvalue weighted by atomic mass is 9.94. The molecule has 1 aliphatic heterocycles. The topological polar surface area (TPSA) is 48.3 Å². The largest absolute Gasteiger partial charge is 0.380 e. The molecule has 0 aromatic rings. The van der Waals surface area contributed by atoms with Crippen molar-refractivity contribution in [3.05, 3.63) is 0 Å². The normalized spacial score (nSPS) is 22.8. The summed E-state index contributed by atoms with van der Waals surface area (Å²) in [5, 5.41) is 12.7. The molecular weight excluding hydrogens is 226 g/mol. The van der Waals surface area contributed by atoms with E-state index in [4.69, 9.17) is 4.74 Å². The van der Waals surface area contributed by atoms with Crippen molar-refractivity contribution in [3.8, 4) is 6.07 Å². The van der Waals surface area contributed by atoms with E-state index >= 15 is 0 Å². The molecular formula is C14H27N3O. The number of nitrogens with one attached hydrogen (secondary N) is 1. The highest BCUT2D eigenvalue weighted by atomic mass is 16.5. The standard InChI is InChI=1S/C14H27N3O/c1-4-6-16-14(3,12-15)11-13(2)17-7-5-9-18-10-8-17/h13,16H,4-11H2,1-3H3. The summed E-state index contributed by atoms with van der Waals surface area (Å²) in [6, 6.07) is 2.85. The van der Waals surface area contributed by atoms with Crippen LogP contribution in [0.15, 0.2) is 0 Å². The second-order valence-corrected chi connectivity index (χ2v) is 5.43. The lowest BCUT2D eigenvalue weighted by Gasteiger charge is -2.33. The van der Waals surface area contributed by atoms with Gasteiger partial charge in [-0.2, -0.15) is 5.26 Å². The van der Waals surface area contributed by atoms with Gasteiger partial charge in [0, 0.05) is 25.7 Å².